The lowest BCUT2D eigenvalue weighted by atomic mass is 10.2. The molecule has 0 spiro atoms. The number of rotatable bonds is 4. The first kappa shape index (κ1) is 12.4. The maximum absolute atomic E-state index is 11.7. The Balaban J connectivity index is 1.94. The first-order chi connectivity index (χ1) is 8.49. The van der Waals surface area contributed by atoms with Gasteiger partial charge in [-0.3, -0.25) is 9.59 Å². The Kier molecular flexibility index (Phi) is 3.23. The average Bonchev–Trinajstić information content (AvgIpc) is 3.09. The Morgan fingerprint density at radius 2 is 1.83 bits per heavy atom. The second-order valence-corrected chi connectivity index (χ2v) is 4.72. The molecule has 1 amide bonds. The van der Waals surface area contributed by atoms with Crippen LogP contribution in [-0.4, -0.2) is 31.1 Å². The van der Waals surface area contributed by atoms with Crippen LogP contribution in [0.2, 0.25) is 0 Å². The summed E-state index contributed by atoms with van der Waals surface area (Å²) < 4.78 is 0. The molecule has 18 heavy (non-hydrogen) atoms. The van der Waals surface area contributed by atoms with E-state index in [1.54, 1.807) is 0 Å². The van der Waals surface area contributed by atoms with E-state index in [0.29, 0.717) is 12.1 Å². The van der Waals surface area contributed by atoms with Crippen LogP contribution in [0, 0.1) is 11.8 Å². The molecule has 1 aliphatic rings. The molecule has 1 aromatic rings. The molecule has 2 atom stereocenters. The van der Waals surface area contributed by atoms with Gasteiger partial charge in [-0.2, -0.15) is 0 Å². The van der Waals surface area contributed by atoms with Crippen LogP contribution in [0.25, 0.3) is 0 Å². The van der Waals surface area contributed by atoms with Crippen molar-refractivity contribution in [3.05, 3.63) is 24.3 Å². The van der Waals surface area contributed by atoms with Gasteiger partial charge in [-0.1, -0.05) is 0 Å². The van der Waals surface area contributed by atoms with Gasteiger partial charge >= 0.3 is 5.97 Å². The number of carbonyl (C=O) groups excluding carboxylic acids is 1. The van der Waals surface area contributed by atoms with Crippen LogP contribution in [0.5, 0.6) is 0 Å². The number of amides is 1. The van der Waals surface area contributed by atoms with Gasteiger partial charge in [0.25, 0.3) is 0 Å². The van der Waals surface area contributed by atoms with Gasteiger partial charge in [-0.25, -0.2) is 0 Å². The summed E-state index contributed by atoms with van der Waals surface area (Å²) in [5.74, 6) is -1.99. The van der Waals surface area contributed by atoms with Crippen molar-refractivity contribution in [1.82, 2.24) is 0 Å². The molecule has 2 unspecified atom stereocenters. The number of hydrogen-bond donors (Lipinski definition) is 2. The minimum Gasteiger partial charge on any atom is -0.481 e. The van der Waals surface area contributed by atoms with Crippen molar-refractivity contribution in [1.29, 1.82) is 0 Å². The van der Waals surface area contributed by atoms with E-state index in [4.69, 9.17) is 5.11 Å². The van der Waals surface area contributed by atoms with E-state index in [1.807, 2.05) is 43.3 Å². The van der Waals surface area contributed by atoms with Gasteiger partial charge in [0.15, 0.2) is 0 Å². The van der Waals surface area contributed by atoms with E-state index >= 15 is 0 Å². The molecule has 1 aliphatic carbocycles. The molecule has 1 saturated carbocycles. The minimum atomic E-state index is -0.891. The van der Waals surface area contributed by atoms with Crippen LogP contribution in [0.4, 0.5) is 11.4 Å². The Morgan fingerprint density at radius 1 is 1.22 bits per heavy atom. The molecule has 5 heteroatoms. The van der Waals surface area contributed by atoms with Crippen LogP contribution in [0.3, 0.4) is 0 Å². The van der Waals surface area contributed by atoms with Gasteiger partial charge in [0.05, 0.1) is 11.8 Å². The third-order valence-corrected chi connectivity index (χ3v) is 3.10. The lowest BCUT2D eigenvalue weighted by molar-refractivity contribution is -0.139. The number of carbonyl (C=O) groups is 2. The third kappa shape index (κ3) is 2.61. The summed E-state index contributed by atoms with van der Waals surface area (Å²) in [5.41, 5.74) is 1.74. The molecule has 1 aromatic carbocycles. The second kappa shape index (κ2) is 4.68. The van der Waals surface area contributed by atoms with Crippen LogP contribution < -0.4 is 10.2 Å². The summed E-state index contributed by atoms with van der Waals surface area (Å²) in [6.45, 7) is 0. The van der Waals surface area contributed by atoms with Crippen molar-refractivity contribution in [2.24, 2.45) is 11.8 Å². The van der Waals surface area contributed by atoms with Gasteiger partial charge in [0.2, 0.25) is 5.91 Å². The highest BCUT2D eigenvalue weighted by atomic mass is 16.4. The van der Waals surface area contributed by atoms with Gasteiger partial charge in [-0.15, -0.1) is 0 Å². The summed E-state index contributed by atoms with van der Waals surface area (Å²) in [4.78, 5) is 24.4. The maximum atomic E-state index is 11.7. The normalized spacial score (nSPS) is 21.2. The summed E-state index contributed by atoms with van der Waals surface area (Å²) in [5, 5.41) is 11.5. The minimum absolute atomic E-state index is 0.208. The zero-order valence-corrected chi connectivity index (χ0v) is 10.4. The number of benzene rings is 1. The predicted molar refractivity (Wildman–Crippen MR) is 68.6 cm³/mol. The first-order valence-electron chi connectivity index (χ1n) is 5.80. The molecule has 0 aromatic heterocycles. The first-order valence-corrected chi connectivity index (χ1v) is 5.80. The number of aliphatic carboxylic acids is 1. The van der Waals surface area contributed by atoms with Crippen molar-refractivity contribution in [2.75, 3.05) is 24.3 Å². The molecule has 1 fully saturated rings. The summed E-state index contributed by atoms with van der Waals surface area (Å²) >= 11 is 0. The highest BCUT2D eigenvalue weighted by molar-refractivity contribution is 5.98. The van der Waals surface area contributed by atoms with Gasteiger partial charge in [0, 0.05) is 25.5 Å². The quantitative estimate of drug-likeness (QED) is 0.845. The van der Waals surface area contributed by atoms with Crippen molar-refractivity contribution in [3.63, 3.8) is 0 Å². The topological polar surface area (TPSA) is 69.6 Å². The number of hydrogen-bond acceptors (Lipinski definition) is 3. The number of carboxylic acid groups (broad SMARTS) is 1. The monoisotopic (exact) mass is 248 g/mol. The molecule has 96 valence electrons. The van der Waals surface area contributed by atoms with E-state index < -0.39 is 11.9 Å². The lowest BCUT2D eigenvalue weighted by Gasteiger charge is -2.13. The van der Waals surface area contributed by atoms with Crippen molar-refractivity contribution < 1.29 is 14.7 Å². The van der Waals surface area contributed by atoms with E-state index in [1.165, 1.54) is 0 Å². The molecule has 2 N–H and O–H groups in total. The zero-order chi connectivity index (χ0) is 13.3. The smallest absolute Gasteiger partial charge is 0.307 e. The highest BCUT2D eigenvalue weighted by Gasteiger charge is 2.48. The molecule has 0 saturated heterocycles. The molecule has 2 rings (SSSR count). The zero-order valence-electron chi connectivity index (χ0n) is 10.4. The fraction of sp³-hybridized carbons (Fsp3) is 0.385. The number of anilines is 2. The summed E-state index contributed by atoms with van der Waals surface area (Å²) in [7, 11) is 3.88. The van der Waals surface area contributed by atoms with Crippen LogP contribution in [0.1, 0.15) is 6.42 Å². The molecule has 5 nitrogen and oxygen atoms in total. The Bertz CT molecular complexity index is 468. The fourth-order valence-electron chi connectivity index (χ4n) is 1.84. The summed E-state index contributed by atoms with van der Waals surface area (Å²) in [6.07, 6.45) is 0.441. The highest BCUT2D eigenvalue weighted by Crippen LogP contribution is 2.39. The SMILES string of the molecule is CN(C)c1ccc(NC(=O)C2CC2C(=O)O)cc1. The van der Waals surface area contributed by atoms with E-state index in [9.17, 15) is 9.59 Å². The molecule has 0 heterocycles. The Labute approximate surface area is 105 Å². The lowest BCUT2D eigenvalue weighted by Crippen LogP contribution is -2.17. The van der Waals surface area contributed by atoms with Crippen LogP contribution in [0.15, 0.2) is 24.3 Å². The number of nitrogens with zero attached hydrogens (tertiary/aromatic N) is 1. The standard InChI is InChI=1S/C13H16N2O3/c1-15(2)9-5-3-8(4-6-9)14-12(16)10-7-11(10)13(17)18/h3-6,10-11H,7H2,1-2H3,(H,14,16)(H,17,18). The predicted octanol–water partition coefficient (Wildman–Crippen LogP) is 1.41. The van der Waals surface area contributed by atoms with Crippen molar-refractivity contribution in [2.45, 2.75) is 6.42 Å². The van der Waals surface area contributed by atoms with Crippen molar-refractivity contribution >= 4 is 23.3 Å². The van der Waals surface area contributed by atoms with Crippen LogP contribution in [-0.2, 0) is 9.59 Å². The molecular weight excluding hydrogens is 232 g/mol. The fourth-order valence-corrected chi connectivity index (χ4v) is 1.84. The van der Waals surface area contributed by atoms with Gasteiger partial charge < -0.3 is 15.3 Å². The van der Waals surface area contributed by atoms with E-state index in [2.05, 4.69) is 5.32 Å². The van der Waals surface area contributed by atoms with E-state index in [0.717, 1.165) is 5.69 Å². The van der Waals surface area contributed by atoms with E-state index in [-0.39, 0.29) is 11.8 Å². The van der Waals surface area contributed by atoms with Gasteiger partial charge in [-0.05, 0) is 30.7 Å². The molecular formula is C13H16N2O3. The molecule has 0 radical (unpaired) electrons. The third-order valence-electron chi connectivity index (χ3n) is 3.10. The second-order valence-electron chi connectivity index (χ2n) is 4.72. The largest absolute Gasteiger partial charge is 0.481 e. The maximum Gasteiger partial charge on any atom is 0.307 e. The Hall–Kier alpha value is -2.04. The van der Waals surface area contributed by atoms with Crippen molar-refractivity contribution in [3.8, 4) is 0 Å². The molecule has 0 bridgehead atoms. The average molecular weight is 248 g/mol. The summed E-state index contributed by atoms with van der Waals surface area (Å²) in [6, 6.07) is 7.42. The Morgan fingerprint density at radius 3 is 2.28 bits per heavy atom. The van der Waals surface area contributed by atoms with Gasteiger partial charge in [0.1, 0.15) is 0 Å². The number of carboxylic acids is 1. The van der Waals surface area contributed by atoms with Crippen LogP contribution >= 0.6 is 0 Å². The number of nitrogens with one attached hydrogen (secondary N) is 1. The molecule has 0 aliphatic heterocycles.